The third-order valence-electron chi connectivity index (χ3n) is 2.73. The van der Waals surface area contributed by atoms with Crippen molar-refractivity contribution in [3.8, 4) is 5.75 Å². The smallest absolute Gasteiger partial charge is 0.143 e. The summed E-state index contributed by atoms with van der Waals surface area (Å²) in [5.74, 6) is 0.890. The molecule has 0 spiro atoms. The van der Waals surface area contributed by atoms with E-state index in [4.69, 9.17) is 9.84 Å². The molecule has 1 heterocycles. The van der Waals surface area contributed by atoms with Gasteiger partial charge in [-0.3, -0.25) is 0 Å². The lowest BCUT2D eigenvalue weighted by Gasteiger charge is -2.34. The normalized spacial score (nSPS) is 15.1. The van der Waals surface area contributed by atoms with E-state index in [-0.39, 0.29) is 6.61 Å². The number of rotatable bonds is 2. The van der Waals surface area contributed by atoms with Crippen LogP contribution in [-0.4, -0.2) is 24.3 Å². The van der Waals surface area contributed by atoms with Crippen molar-refractivity contribution in [2.45, 2.75) is 26.5 Å². The standard InChI is InChI=1S/C12H17NO2/c1-9(2)13-5-6-15-12-7-10(8-14)3-4-11(12)13/h3-4,7,9,14H,5-6,8H2,1-2H3. The molecular weight excluding hydrogens is 190 g/mol. The molecular formula is C12H17NO2. The molecule has 1 aliphatic heterocycles. The predicted octanol–water partition coefficient (Wildman–Crippen LogP) is 1.79. The molecule has 1 aromatic rings. The fraction of sp³-hybridized carbons (Fsp3) is 0.500. The molecule has 1 aromatic carbocycles. The molecule has 0 aromatic heterocycles. The molecule has 0 unspecified atom stereocenters. The minimum absolute atomic E-state index is 0.0678. The number of aliphatic hydroxyl groups is 1. The first-order chi connectivity index (χ1) is 7.22. The number of hydrogen-bond acceptors (Lipinski definition) is 3. The van der Waals surface area contributed by atoms with Crippen LogP contribution in [0.3, 0.4) is 0 Å². The summed E-state index contributed by atoms with van der Waals surface area (Å²) in [7, 11) is 0. The SMILES string of the molecule is CC(C)N1CCOc2cc(CO)ccc21. The van der Waals surface area contributed by atoms with Crippen LogP contribution in [0, 0.1) is 0 Å². The number of fused-ring (bicyclic) bond motifs is 1. The van der Waals surface area contributed by atoms with E-state index in [1.165, 1.54) is 0 Å². The first kappa shape index (κ1) is 10.3. The summed E-state index contributed by atoms with van der Waals surface area (Å²) in [6.45, 7) is 6.08. The Morgan fingerprint density at radius 2 is 2.27 bits per heavy atom. The van der Waals surface area contributed by atoms with Gasteiger partial charge in [-0.1, -0.05) is 6.07 Å². The number of ether oxygens (including phenoxy) is 1. The van der Waals surface area contributed by atoms with Gasteiger partial charge >= 0.3 is 0 Å². The Morgan fingerprint density at radius 3 is 2.93 bits per heavy atom. The molecule has 82 valence electrons. The van der Waals surface area contributed by atoms with E-state index in [0.717, 1.165) is 30.2 Å². The predicted molar refractivity (Wildman–Crippen MR) is 60.3 cm³/mol. The third-order valence-corrected chi connectivity index (χ3v) is 2.73. The van der Waals surface area contributed by atoms with E-state index in [0.29, 0.717) is 6.04 Å². The zero-order valence-electron chi connectivity index (χ0n) is 9.23. The van der Waals surface area contributed by atoms with E-state index in [1.807, 2.05) is 18.2 Å². The van der Waals surface area contributed by atoms with Crippen molar-refractivity contribution in [3.63, 3.8) is 0 Å². The van der Waals surface area contributed by atoms with Gasteiger partial charge in [0.15, 0.2) is 0 Å². The van der Waals surface area contributed by atoms with Crippen molar-refractivity contribution in [3.05, 3.63) is 23.8 Å². The van der Waals surface area contributed by atoms with Crippen LogP contribution in [0.5, 0.6) is 5.75 Å². The van der Waals surface area contributed by atoms with Crippen LogP contribution in [0.25, 0.3) is 0 Å². The second-order valence-corrected chi connectivity index (χ2v) is 4.10. The maximum Gasteiger partial charge on any atom is 0.143 e. The number of anilines is 1. The lowest BCUT2D eigenvalue weighted by Crippen LogP contribution is -2.37. The van der Waals surface area contributed by atoms with Gasteiger partial charge < -0.3 is 14.7 Å². The van der Waals surface area contributed by atoms with E-state index < -0.39 is 0 Å². The lowest BCUT2D eigenvalue weighted by atomic mass is 10.1. The topological polar surface area (TPSA) is 32.7 Å². The molecule has 2 rings (SSSR count). The lowest BCUT2D eigenvalue weighted by molar-refractivity contribution is 0.277. The fourth-order valence-corrected chi connectivity index (χ4v) is 1.92. The van der Waals surface area contributed by atoms with Crippen LogP contribution in [0.4, 0.5) is 5.69 Å². The summed E-state index contributed by atoms with van der Waals surface area (Å²) in [5, 5.41) is 9.05. The van der Waals surface area contributed by atoms with Crippen molar-refractivity contribution < 1.29 is 9.84 Å². The number of hydrogen-bond donors (Lipinski definition) is 1. The van der Waals surface area contributed by atoms with Crippen LogP contribution >= 0.6 is 0 Å². The Labute approximate surface area is 90.3 Å². The minimum Gasteiger partial charge on any atom is -0.490 e. The summed E-state index contributed by atoms with van der Waals surface area (Å²) in [6, 6.07) is 6.37. The van der Waals surface area contributed by atoms with E-state index >= 15 is 0 Å². The van der Waals surface area contributed by atoms with Crippen molar-refractivity contribution >= 4 is 5.69 Å². The van der Waals surface area contributed by atoms with Crippen molar-refractivity contribution in [2.75, 3.05) is 18.1 Å². The van der Waals surface area contributed by atoms with E-state index in [1.54, 1.807) is 0 Å². The molecule has 0 atom stereocenters. The van der Waals surface area contributed by atoms with Crippen LogP contribution in [-0.2, 0) is 6.61 Å². The van der Waals surface area contributed by atoms with Gasteiger partial charge in [-0.25, -0.2) is 0 Å². The van der Waals surface area contributed by atoms with Crippen LogP contribution in [0.2, 0.25) is 0 Å². The molecule has 0 saturated carbocycles. The fourth-order valence-electron chi connectivity index (χ4n) is 1.92. The summed E-state index contributed by atoms with van der Waals surface area (Å²) in [4.78, 5) is 2.32. The van der Waals surface area contributed by atoms with Crippen molar-refractivity contribution in [1.29, 1.82) is 0 Å². The number of aliphatic hydroxyl groups excluding tert-OH is 1. The van der Waals surface area contributed by atoms with Crippen LogP contribution in [0.15, 0.2) is 18.2 Å². The summed E-state index contributed by atoms with van der Waals surface area (Å²) in [5.41, 5.74) is 2.04. The van der Waals surface area contributed by atoms with Crippen molar-refractivity contribution in [2.24, 2.45) is 0 Å². The summed E-state index contributed by atoms with van der Waals surface area (Å²) >= 11 is 0. The highest BCUT2D eigenvalue weighted by atomic mass is 16.5. The Kier molecular flexibility index (Phi) is 2.82. The third kappa shape index (κ3) is 1.92. The van der Waals surface area contributed by atoms with Gasteiger partial charge in [0.1, 0.15) is 12.4 Å². The molecule has 3 nitrogen and oxygen atoms in total. The summed E-state index contributed by atoms with van der Waals surface area (Å²) in [6.07, 6.45) is 0. The van der Waals surface area contributed by atoms with Gasteiger partial charge in [0.2, 0.25) is 0 Å². The molecule has 0 amide bonds. The molecule has 15 heavy (non-hydrogen) atoms. The Bertz CT molecular complexity index is 349. The summed E-state index contributed by atoms with van der Waals surface area (Å²) < 4.78 is 5.59. The molecule has 0 fully saturated rings. The molecule has 0 aliphatic carbocycles. The molecule has 0 bridgehead atoms. The largest absolute Gasteiger partial charge is 0.490 e. The Balaban J connectivity index is 2.36. The zero-order chi connectivity index (χ0) is 10.8. The average molecular weight is 207 g/mol. The minimum atomic E-state index is 0.0678. The van der Waals surface area contributed by atoms with Crippen molar-refractivity contribution in [1.82, 2.24) is 0 Å². The molecule has 1 N–H and O–H groups in total. The maximum absolute atomic E-state index is 9.05. The van der Waals surface area contributed by atoms with Gasteiger partial charge in [-0.05, 0) is 31.5 Å². The quantitative estimate of drug-likeness (QED) is 0.802. The average Bonchev–Trinajstić information content (AvgIpc) is 2.27. The second kappa shape index (κ2) is 4.11. The molecule has 1 aliphatic rings. The molecule has 3 heteroatoms. The van der Waals surface area contributed by atoms with Gasteiger partial charge in [-0.15, -0.1) is 0 Å². The molecule has 0 radical (unpaired) electrons. The van der Waals surface area contributed by atoms with Gasteiger partial charge in [0, 0.05) is 6.04 Å². The highest BCUT2D eigenvalue weighted by Crippen LogP contribution is 2.33. The van der Waals surface area contributed by atoms with Crippen LogP contribution in [0.1, 0.15) is 19.4 Å². The first-order valence-corrected chi connectivity index (χ1v) is 5.35. The Morgan fingerprint density at radius 1 is 1.47 bits per heavy atom. The maximum atomic E-state index is 9.05. The first-order valence-electron chi connectivity index (χ1n) is 5.35. The zero-order valence-corrected chi connectivity index (χ0v) is 9.23. The second-order valence-electron chi connectivity index (χ2n) is 4.10. The highest BCUT2D eigenvalue weighted by molar-refractivity contribution is 5.61. The number of benzene rings is 1. The van der Waals surface area contributed by atoms with Gasteiger partial charge in [-0.2, -0.15) is 0 Å². The van der Waals surface area contributed by atoms with Crippen LogP contribution < -0.4 is 9.64 Å². The highest BCUT2D eigenvalue weighted by Gasteiger charge is 2.20. The molecule has 0 saturated heterocycles. The Hall–Kier alpha value is -1.22. The van der Waals surface area contributed by atoms with E-state index in [9.17, 15) is 0 Å². The van der Waals surface area contributed by atoms with Gasteiger partial charge in [0.05, 0.1) is 18.8 Å². The monoisotopic (exact) mass is 207 g/mol. The number of nitrogens with zero attached hydrogens (tertiary/aromatic N) is 1. The van der Waals surface area contributed by atoms with E-state index in [2.05, 4.69) is 18.7 Å². The van der Waals surface area contributed by atoms with Gasteiger partial charge in [0.25, 0.3) is 0 Å².